The lowest BCUT2D eigenvalue weighted by Gasteiger charge is -2.24. The van der Waals surface area contributed by atoms with Crippen LogP contribution in [-0.4, -0.2) is 45.7 Å². The van der Waals surface area contributed by atoms with E-state index in [1.54, 1.807) is 6.92 Å². The van der Waals surface area contributed by atoms with Gasteiger partial charge >= 0.3 is 12.0 Å². The Hall–Kier alpha value is -1.35. The van der Waals surface area contributed by atoms with Crippen molar-refractivity contribution in [2.45, 2.75) is 31.7 Å². The average molecular weight is 256 g/mol. The van der Waals surface area contributed by atoms with Crippen LogP contribution in [0.15, 0.2) is 0 Å². The molecule has 5 nitrogen and oxygen atoms in total. The maximum absolute atomic E-state index is 11.8. The van der Waals surface area contributed by atoms with Gasteiger partial charge in [0.25, 0.3) is 0 Å². The number of thioether (sulfide) groups is 1. The Bertz CT molecular complexity index is 361. The lowest BCUT2D eigenvalue weighted by atomic mass is 10.3. The van der Waals surface area contributed by atoms with E-state index in [0.717, 1.165) is 0 Å². The minimum absolute atomic E-state index is 0.103. The molecule has 0 saturated carbocycles. The first-order valence-electron chi connectivity index (χ1n) is 5.38. The number of carbonyl (C=O) groups excluding carboxylic acids is 1. The van der Waals surface area contributed by atoms with Crippen LogP contribution < -0.4 is 5.32 Å². The van der Waals surface area contributed by atoms with Crippen LogP contribution in [0.4, 0.5) is 4.79 Å². The maximum Gasteiger partial charge on any atom is 0.327 e. The van der Waals surface area contributed by atoms with Crippen LogP contribution in [-0.2, 0) is 4.79 Å². The molecule has 0 aromatic carbocycles. The highest BCUT2D eigenvalue weighted by Gasteiger charge is 2.39. The minimum Gasteiger partial charge on any atom is -0.480 e. The zero-order chi connectivity index (χ0) is 12.8. The molecule has 1 fully saturated rings. The number of urea groups is 1. The minimum atomic E-state index is -0.953. The van der Waals surface area contributed by atoms with Gasteiger partial charge in [-0.05, 0) is 13.8 Å². The van der Waals surface area contributed by atoms with Crippen LogP contribution in [0.3, 0.4) is 0 Å². The second-order valence-corrected chi connectivity index (χ2v) is 4.95. The molecule has 2 atom stereocenters. The van der Waals surface area contributed by atoms with Crippen molar-refractivity contribution in [3.8, 4) is 11.8 Å². The number of amides is 2. The topological polar surface area (TPSA) is 69.6 Å². The third-order valence-electron chi connectivity index (χ3n) is 2.45. The van der Waals surface area contributed by atoms with Gasteiger partial charge in [0.15, 0.2) is 0 Å². The summed E-state index contributed by atoms with van der Waals surface area (Å²) >= 11 is 1.47. The number of carbonyl (C=O) groups is 2. The van der Waals surface area contributed by atoms with E-state index in [2.05, 4.69) is 17.2 Å². The smallest absolute Gasteiger partial charge is 0.327 e. The summed E-state index contributed by atoms with van der Waals surface area (Å²) in [7, 11) is 0. The summed E-state index contributed by atoms with van der Waals surface area (Å²) in [4.78, 5) is 24.2. The third-order valence-corrected chi connectivity index (χ3v) is 3.66. The Balaban J connectivity index is 2.52. The second-order valence-electron chi connectivity index (χ2n) is 3.60. The van der Waals surface area contributed by atoms with Gasteiger partial charge in [0.2, 0.25) is 0 Å². The molecule has 94 valence electrons. The molecule has 1 aliphatic heterocycles. The van der Waals surface area contributed by atoms with Gasteiger partial charge in [0.05, 0.1) is 5.37 Å². The Morgan fingerprint density at radius 2 is 2.29 bits per heavy atom. The fraction of sp³-hybridized carbons (Fsp3) is 0.636. The molecule has 2 amide bonds. The number of hydrogen-bond acceptors (Lipinski definition) is 3. The Morgan fingerprint density at radius 1 is 1.59 bits per heavy atom. The normalized spacial score (nSPS) is 22.8. The highest BCUT2D eigenvalue weighted by molar-refractivity contribution is 8.00. The number of nitrogens with one attached hydrogen (secondary N) is 1. The quantitative estimate of drug-likeness (QED) is 0.583. The summed E-state index contributed by atoms with van der Waals surface area (Å²) in [6.07, 6.45) is 0.579. The zero-order valence-electron chi connectivity index (χ0n) is 9.90. The van der Waals surface area contributed by atoms with E-state index in [4.69, 9.17) is 5.11 Å². The number of hydrogen-bond donors (Lipinski definition) is 2. The number of aliphatic carboxylic acids is 1. The van der Waals surface area contributed by atoms with Crippen molar-refractivity contribution in [3.05, 3.63) is 0 Å². The lowest BCUT2D eigenvalue weighted by molar-refractivity contribution is -0.141. The van der Waals surface area contributed by atoms with Crippen molar-refractivity contribution >= 4 is 23.8 Å². The zero-order valence-corrected chi connectivity index (χ0v) is 10.7. The standard InChI is InChI=1S/C11H16N2O3S/c1-3-4-5-6-12-11(16)13-8(2)17-7-9(13)10(14)15/h8-9H,5-7H2,1-2H3,(H,12,16)(H,14,15). The number of nitrogens with zero attached hydrogens (tertiary/aromatic N) is 1. The fourth-order valence-electron chi connectivity index (χ4n) is 1.59. The van der Waals surface area contributed by atoms with Crippen molar-refractivity contribution in [2.24, 2.45) is 0 Å². The molecule has 2 N–H and O–H groups in total. The van der Waals surface area contributed by atoms with E-state index < -0.39 is 12.0 Å². The van der Waals surface area contributed by atoms with Gasteiger partial charge < -0.3 is 10.4 Å². The molecular formula is C11H16N2O3S. The molecule has 0 radical (unpaired) electrons. The molecule has 1 saturated heterocycles. The van der Waals surface area contributed by atoms with E-state index in [9.17, 15) is 9.59 Å². The highest BCUT2D eigenvalue weighted by Crippen LogP contribution is 2.28. The number of carboxylic acid groups (broad SMARTS) is 1. The van der Waals surface area contributed by atoms with Crippen LogP contribution in [0.5, 0.6) is 0 Å². The average Bonchev–Trinajstić information content (AvgIpc) is 2.66. The molecule has 1 aliphatic rings. The summed E-state index contributed by atoms with van der Waals surface area (Å²) in [6, 6.07) is -1.06. The van der Waals surface area contributed by atoms with Crippen LogP contribution >= 0.6 is 11.8 Å². The summed E-state index contributed by atoms with van der Waals surface area (Å²) < 4.78 is 0. The number of rotatable bonds is 3. The van der Waals surface area contributed by atoms with Crippen molar-refractivity contribution < 1.29 is 14.7 Å². The molecule has 1 rings (SSSR count). The van der Waals surface area contributed by atoms with E-state index in [1.807, 2.05) is 6.92 Å². The maximum atomic E-state index is 11.8. The molecule has 0 aromatic heterocycles. The van der Waals surface area contributed by atoms with E-state index >= 15 is 0 Å². The van der Waals surface area contributed by atoms with Crippen molar-refractivity contribution in [2.75, 3.05) is 12.3 Å². The van der Waals surface area contributed by atoms with Gasteiger partial charge in [0, 0.05) is 18.7 Å². The summed E-state index contributed by atoms with van der Waals surface area (Å²) in [6.45, 7) is 4.01. The van der Waals surface area contributed by atoms with Crippen molar-refractivity contribution in [1.82, 2.24) is 10.2 Å². The summed E-state index contributed by atoms with van der Waals surface area (Å²) in [5.74, 6) is 5.06. The molecule has 0 spiro atoms. The predicted octanol–water partition coefficient (Wildman–Crippen LogP) is 0.957. The van der Waals surface area contributed by atoms with Crippen LogP contribution in [0, 0.1) is 11.8 Å². The third kappa shape index (κ3) is 3.56. The van der Waals surface area contributed by atoms with E-state index in [0.29, 0.717) is 18.7 Å². The van der Waals surface area contributed by atoms with Crippen LogP contribution in [0.25, 0.3) is 0 Å². The molecule has 0 aromatic rings. The largest absolute Gasteiger partial charge is 0.480 e. The van der Waals surface area contributed by atoms with Gasteiger partial charge in [0.1, 0.15) is 6.04 Å². The molecule has 1 heterocycles. The molecular weight excluding hydrogens is 240 g/mol. The monoisotopic (exact) mass is 256 g/mol. The Kier molecular flexibility index (Phi) is 5.16. The van der Waals surface area contributed by atoms with Crippen molar-refractivity contribution in [1.29, 1.82) is 0 Å². The fourth-order valence-corrected chi connectivity index (χ4v) is 2.76. The molecule has 6 heteroatoms. The number of carboxylic acids is 1. The molecule has 0 bridgehead atoms. The van der Waals surface area contributed by atoms with Crippen LogP contribution in [0.2, 0.25) is 0 Å². The van der Waals surface area contributed by atoms with Gasteiger partial charge in [-0.1, -0.05) is 0 Å². The molecule has 0 aliphatic carbocycles. The SMILES string of the molecule is CC#CCCNC(=O)N1C(C)SCC1C(=O)O. The lowest BCUT2D eigenvalue weighted by Crippen LogP contribution is -2.49. The van der Waals surface area contributed by atoms with Crippen LogP contribution in [0.1, 0.15) is 20.3 Å². The van der Waals surface area contributed by atoms with Gasteiger partial charge in [-0.15, -0.1) is 23.6 Å². The van der Waals surface area contributed by atoms with E-state index in [1.165, 1.54) is 16.7 Å². The molecule has 17 heavy (non-hydrogen) atoms. The molecule has 2 unspecified atom stereocenters. The first-order valence-corrected chi connectivity index (χ1v) is 6.43. The second kappa shape index (κ2) is 6.40. The highest BCUT2D eigenvalue weighted by atomic mass is 32.2. The Labute approximate surface area is 105 Å². The summed E-state index contributed by atoms with van der Waals surface area (Å²) in [5.41, 5.74) is 0. The van der Waals surface area contributed by atoms with Gasteiger partial charge in [-0.25, -0.2) is 9.59 Å². The van der Waals surface area contributed by atoms with Gasteiger partial charge in [-0.3, -0.25) is 4.90 Å². The van der Waals surface area contributed by atoms with E-state index in [-0.39, 0.29) is 11.4 Å². The first-order chi connectivity index (χ1) is 8.07. The Morgan fingerprint density at radius 3 is 2.88 bits per heavy atom. The summed E-state index contributed by atoms with van der Waals surface area (Å²) in [5, 5.41) is 11.6. The van der Waals surface area contributed by atoms with Crippen molar-refractivity contribution in [3.63, 3.8) is 0 Å². The van der Waals surface area contributed by atoms with Gasteiger partial charge in [-0.2, -0.15) is 0 Å². The first kappa shape index (κ1) is 13.7. The predicted molar refractivity (Wildman–Crippen MR) is 66.6 cm³/mol.